The third-order valence-electron chi connectivity index (χ3n) is 5.97. The summed E-state index contributed by atoms with van der Waals surface area (Å²) in [6.45, 7) is 5.98. The van der Waals surface area contributed by atoms with E-state index in [2.05, 4.69) is 10.3 Å². The summed E-state index contributed by atoms with van der Waals surface area (Å²) in [5.74, 6) is -0.135. The molecule has 1 amide bonds. The Labute approximate surface area is 202 Å². The van der Waals surface area contributed by atoms with Crippen LogP contribution in [0.4, 0.5) is 4.39 Å². The number of amides is 1. The second-order valence-corrected chi connectivity index (χ2v) is 8.74. The van der Waals surface area contributed by atoms with Gasteiger partial charge in [-0.1, -0.05) is 12.1 Å². The fourth-order valence-corrected chi connectivity index (χ4v) is 4.17. The number of aromatic amines is 1. The van der Waals surface area contributed by atoms with Crippen molar-refractivity contribution in [2.75, 3.05) is 0 Å². The van der Waals surface area contributed by atoms with E-state index >= 15 is 0 Å². The van der Waals surface area contributed by atoms with Crippen LogP contribution in [0, 0.1) is 26.6 Å². The molecule has 3 aromatic carbocycles. The molecule has 0 saturated carbocycles. The summed E-state index contributed by atoms with van der Waals surface area (Å²) in [5.41, 5.74) is 5.63. The number of aryl methyl sites for hydroxylation is 4. The molecule has 0 aliphatic rings. The third-order valence-corrected chi connectivity index (χ3v) is 5.97. The van der Waals surface area contributed by atoms with Gasteiger partial charge in [-0.15, -0.1) is 0 Å². The van der Waals surface area contributed by atoms with Crippen molar-refractivity contribution >= 4 is 22.8 Å². The minimum atomic E-state index is -0.822. The minimum absolute atomic E-state index is 0.0862. The Kier molecular flexibility index (Phi) is 6.87. The number of carbonyl (C=O) groups excluding carboxylic acids is 1. The fraction of sp³-hybridized carbons (Fsp3) is 0.214. The van der Waals surface area contributed by atoms with E-state index in [1.54, 1.807) is 13.0 Å². The van der Waals surface area contributed by atoms with Crippen LogP contribution in [0.5, 0.6) is 11.5 Å². The molecule has 0 fully saturated rings. The Morgan fingerprint density at radius 3 is 2.54 bits per heavy atom. The number of hydrogen-bond acceptors (Lipinski definition) is 3. The van der Waals surface area contributed by atoms with Crippen LogP contribution in [0.1, 0.15) is 44.7 Å². The van der Waals surface area contributed by atoms with E-state index in [0.29, 0.717) is 46.6 Å². The number of benzene rings is 3. The van der Waals surface area contributed by atoms with Gasteiger partial charge < -0.3 is 20.1 Å². The molecule has 4 rings (SSSR count). The highest BCUT2D eigenvalue weighted by Crippen LogP contribution is 2.27. The van der Waals surface area contributed by atoms with E-state index in [1.165, 1.54) is 12.1 Å². The molecule has 6 nitrogen and oxygen atoms in total. The summed E-state index contributed by atoms with van der Waals surface area (Å²) in [5, 5.41) is 12.5. The molecule has 0 aliphatic carbocycles. The topological polar surface area (TPSA) is 91.4 Å². The Morgan fingerprint density at radius 2 is 1.80 bits per heavy atom. The number of aliphatic carboxylic acids is 1. The number of halogens is 1. The number of H-pyrrole nitrogens is 1. The highest BCUT2D eigenvalue weighted by Gasteiger charge is 2.15. The molecule has 0 unspecified atom stereocenters. The van der Waals surface area contributed by atoms with Crippen LogP contribution >= 0.6 is 0 Å². The average Bonchev–Trinajstić information content (AvgIpc) is 3.12. The van der Waals surface area contributed by atoms with Gasteiger partial charge in [-0.05, 0) is 97.5 Å². The van der Waals surface area contributed by atoms with Crippen molar-refractivity contribution in [2.24, 2.45) is 0 Å². The molecular weight excluding hydrogens is 447 g/mol. The lowest BCUT2D eigenvalue weighted by Crippen LogP contribution is -2.23. The molecule has 7 heteroatoms. The van der Waals surface area contributed by atoms with Crippen molar-refractivity contribution in [3.05, 3.63) is 93.9 Å². The molecule has 4 aromatic rings. The molecular formula is C28H27FN2O4. The Bertz CT molecular complexity index is 1420. The number of nitrogens with one attached hydrogen (secondary N) is 2. The molecule has 0 aliphatic heterocycles. The number of rotatable bonds is 8. The monoisotopic (exact) mass is 474 g/mol. The maximum absolute atomic E-state index is 13.6. The number of hydrogen-bond donors (Lipinski definition) is 3. The summed E-state index contributed by atoms with van der Waals surface area (Å²) in [4.78, 5) is 26.7. The van der Waals surface area contributed by atoms with Crippen LogP contribution in [0.15, 0.2) is 54.6 Å². The van der Waals surface area contributed by atoms with Crippen molar-refractivity contribution in [1.29, 1.82) is 0 Å². The third kappa shape index (κ3) is 5.69. The molecule has 0 atom stereocenters. The summed E-state index contributed by atoms with van der Waals surface area (Å²) in [6.07, 6.45) is 0.559. The zero-order valence-corrected chi connectivity index (χ0v) is 19.9. The standard InChI is InChI=1S/C28H27FN2O4/c1-16-10-19(15-30-28(34)27-18(3)24-14-21(29)6-8-25(24)31-27)13-23(11-16)35-22-7-4-20(17(2)12-22)5-9-26(32)33/h4,6-8,10-14,31H,5,9,15H2,1-3H3,(H,30,34)(H,32,33). The normalized spacial score (nSPS) is 11.0. The molecule has 3 N–H and O–H groups in total. The van der Waals surface area contributed by atoms with Crippen LogP contribution in [-0.4, -0.2) is 22.0 Å². The van der Waals surface area contributed by atoms with Crippen LogP contribution in [-0.2, 0) is 17.8 Å². The molecule has 0 radical (unpaired) electrons. The highest BCUT2D eigenvalue weighted by molar-refractivity contribution is 6.00. The fourth-order valence-electron chi connectivity index (χ4n) is 4.17. The van der Waals surface area contributed by atoms with Crippen molar-refractivity contribution < 1.29 is 23.8 Å². The molecule has 1 heterocycles. The molecule has 180 valence electrons. The maximum atomic E-state index is 13.6. The number of carboxylic acid groups (broad SMARTS) is 1. The molecule has 0 saturated heterocycles. The predicted octanol–water partition coefficient (Wildman–Crippen LogP) is 5.97. The summed E-state index contributed by atoms with van der Waals surface area (Å²) in [6, 6.07) is 15.8. The number of fused-ring (bicyclic) bond motifs is 1. The lowest BCUT2D eigenvalue weighted by molar-refractivity contribution is -0.136. The van der Waals surface area contributed by atoms with Crippen LogP contribution in [0.2, 0.25) is 0 Å². The average molecular weight is 475 g/mol. The van der Waals surface area contributed by atoms with E-state index in [9.17, 15) is 14.0 Å². The first-order valence-electron chi connectivity index (χ1n) is 11.4. The van der Waals surface area contributed by atoms with Crippen LogP contribution in [0.25, 0.3) is 10.9 Å². The second-order valence-electron chi connectivity index (χ2n) is 8.74. The predicted molar refractivity (Wildman–Crippen MR) is 133 cm³/mol. The smallest absolute Gasteiger partial charge is 0.303 e. The molecule has 0 bridgehead atoms. The SMILES string of the molecule is Cc1cc(CNC(=O)c2[nH]c3ccc(F)cc3c2C)cc(Oc2ccc(CCC(=O)O)c(C)c2)c1. The maximum Gasteiger partial charge on any atom is 0.303 e. The van der Waals surface area contributed by atoms with Gasteiger partial charge in [-0.25, -0.2) is 4.39 Å². The van der Waals surface area contributed by atoms with Gasteiger partial charge in [0.1, 0.15) is 23.0 Å². The zero-order valence-electron chi connectivity index (χ0n) is 19.9. The van der Waals surface area contributed by atoms with E-state index < -0.39 is 5.97 Å². The van der Waals surface area contributed by atoms with Crippen molar-refractivity contribution in [3.63, 3.8) is 0 Å². The van der Waals surface area contributed by atoms with Gasteiger partial charge in [0.15, 0.2) is 0 Å². The quantitative estimate of drug-likeness (QED) is 0.293. The largest absolute Gasteiger partial charge is 0.481 e. The zero-order chi connectivity index (χ0) is 25.1. The van der Waals surface area contributed by atoms with E-state index in [4.69, 9.17) is 9.84 Å². The van der Waals surface area contributed by atoms with Gasteiger partial charge in [0.05, 0.1) is 0 Å². The first kappa shape index (κ1) is 24.0. The van der Waals surface area contributed by atoms with E-state index in [1.807, 2.05) is 50.2 Å². The van der Waals surface area contributed by atoms with Gasteiger partial charge in [0, 0.05) is 23.9 Å². The van der Waals surface area contributed by atoms with Crippen LogP contribution < -0.4 is 10.1 Å². The number of ether oxygens (including phenoxy) is 1. The first-order valence-corrected chi connectivity index (χ1v) is 11.4. The number of carbonyl (C=O) groups is 2. The Hall–Kier alpha value is -4.13. The van der Waals surface area contributed by atoms with E-state index in [-0.39, 0.29) is 18.1 Å². The lowest BCUT2D eigenvalue weighted by Gasteiger charge is -2.12. The van der Waals surface area contributed by atoms with Gasteiger partial charge in [-0.2, -0.15) is 0 Å². The van der Waals surface area contributed by atoms with Crippen LogP contribution in [0.3, 0.4) is 0 Å². The number of aromatic nitrogens is 1. The van der Waals surface area contributed by atoms with Gasteiger partial charge in [0.25, 0.3) is 5.91 Å². The van der Waals surface area contributed by atoms with Gasteiger partial charge in [-0.3, -0.25) is 9.59 Å². The Morgan fingerprint density at radius 1 is 1.00 bits per heavy atom. The first-order chi connectivity index (χ1) is 16.7. The molecule has 1 aromatic heterocycles. The summed E-state index contributed by atoms with van der Waals surface area (Å²) in [7, 11) is 0. The summed E-state index contributed by atoms with van der Waals surface area (Å²) >= 11 is 0. The molecule has 0 spiro atoms. The highest BCUT2D eigenvalue weighted by atomic mass is 19.1. The Balaban J connectivity index is 1.45. The van der Waals surface area contributed by atoms with Crippen molar-refractivity contribution in [3.8, 4) is 11.5 Å². The van der Waals surface area contributed by atoms with Crippen molar-refractivity contribution in [1.82, 2.24) is 10.3 Å². The summed E-state index contributed by atoms with van der Waals surface area (Å²) < 4.78 is 19.6. The minimum Gasteiger partial charge on any atom is -0.481 e. The van der Waals surface area contributed by atoms with Gasteiger partial charge >= 0.3 is 5.97 Å². The van der Waals surface area contributed by atoms with E-state index in [0.717, 1.165) is 22.3 Å². The van der Waals surface area contributed by atoms with Crippen molar-refractivity contribution in [2.45, 2.75) is 40.2 Å². The number of carboxylic acids is 1. The molecule has 35 heavy (non-hydrogen) atoms. The lowest BCUT2D eigenvalue weighted by atomic mass is 10.0. The second kappa shape index (κ2) is 10.0. The van der Waals surface area contributed by atoms with Gasteiger partial charge in [0.2, 0.25) is 0 Å².